The molecule has 2 rings (SSSR count). The minimum Gasteiger partial charge on any atom is -0.390 e. The molecule has 0 atom stereocenters. The zero-order chi connectivity index (χ0) is 14.8. The van der Waals surface area contributed by atoms with Gasteiger partial charge >= 0.3 is 0 Å². The first-order chi connectivity index (χ1) is 9.37. The Kier molecular flexibility index (Phi) is 4.51. The van der Waals surface area contributed by atoms with Gasteiger partial charge in [0, 0.05) is 36.2 Å². The summed E-state index contributed by atoms with van der Waals surface area (Å²) in [6, 6.07) is 9.11. The Morgan fingerprint density at radius 2 is 2.00 bits per heavy atom. The van der Waals surface area contributed by atoms with E-state index < -0.39 is 5.60 Å². The number of benzene rings is 1. The molecule has 20 heavy (non-hydrogen) atoms. The summed E-state index contributed by atoms with van der Waals surface area (Å²) in [5.41, 5.74) is 1.96. The maximum Gasteiger partial charge on any atom is 0.0608 e. The van der Waals surface area contributed by atoms with Crippen molar-refractivity contribution in [3.8, 4) is 0 Å². The first-order valence-corrected chi connectivity index (χ1v) is 7.39. The van der Waals surface area contributed by atoms with E-state index in [4.69, 9.17) is 0 Å². The number of fused-ring (bicyclic) bond motifs is 1. The second-order valence-electron chi connectivity index (χ2n) is 6.46. The average molecular weight is 274 g/mol. The number of rotatable bonds is 6. The van der Waals surface area contributed by atoms with E-state index >= 15 is 0 Å². The molecule has 0 amide bonds. The van der Waals surface area contributed by atoms with E-state index in [1.807, 2.05) is 13.8 Å². The molecule has 110 valence electrons. The van der Waals surface area contributed by atoms with Crippen molar-refractivity contribution >= 4 is 10.9 Å². The van der Waals surface area contributed by atoms with Gasteiger partial charge in [-0.3, -0.25) is 0 Å². The molecule has 0 saturated heterocycles. The topological polar surface area (TPSA) is 37.2 Å². The summed E-state index contributed by atoms with van der Waals surface area (Å²) in [5.74, 6) is 0. The van der Waals surface area contributed by atoms with Crippen molar-refractivity contribution in [2.24, 2.45) is 0 Å². The molecule has 3 heteroatoms. The van der Waals surface area contributed by atoms with Crippen LogP contribution in [0.15, 0.2) is 30.5 Å². The Morgan fingerprint density at radius 3 is 2.65 bits per heavy atom. The molecular weight excluding hydrogens is 248 g/mol. The average Bonchev–Trinajstić information content (AvgIpc) is 2.76. The normalized spacial score (nSPS) is 12.5. The summed E-state index contributed by atoms with van der Waals surface area (Å²) in [5, 5.41) is 14.6. The predicted octanol–water partition coefficient (Wildman–Crippen LogP) is 3.30. The molecule has 2 N–H and O–H groups in total. The number of hydrogen-bond donors (Lipinski definition) is 2. The Hall–Kier alpha value is -1.32. The molecule has 0 bridgehead atoms. The highest BCUT2D eigenvalue weighted by atomic mass is 16.3. The van der Waals surface area contributed by atoms with Gasteiger partial charge in [0.05, 0.1) is 5.60 Å². The smallest absolute Gasteiger partial charge is 0.0608 e. The van der Waals surface area contributed by atoms with Gasteiger partial charge in [-0.2, -0.15) is 0 Å². The van der Waals surface area contributed by atoms with E-state index in [2.05, 4.69) is 54.2 Å². The lowest BCUT2D eigenvalue weighted by atomic mass is 10.1. The molecule has 0 aliphatic rings. The number of nitrogens with one attached hydrogen (secondary N) is 1. The van der Waals surface area contributed by atoms with Crippen LogP contribution in [0.3, 0.4) is 0 Å². The minimum absolute atomic E-state index is 0.488. The summed E-state index contributed by atoms with van der Waals surface area (Å²) in [4.78, 5) is 0. The first kappa shape index (κ1) is 15.1. The number of aromatic nitrogens is 1. The van der Waals surface area contributed by atoms with Crippen molar-refractivity contribution in [2.45, 2.75) is 58.8 Å². The second-order valence-corrected chi connectivity index (χ2v) is 6.46. The van der Waals surface area contributed by atoms with Crippen LogP contribution >= 0.6 is 0 Å². The third kappa shape index (κ3) is 3.84. The maximum atomic E-state index is 9.87. The lowest BCUT2D eigenvalue weighted by Gasteiger charge is -2.17. The fourth-order valence-corrected chi connectivity index (χ4v) is 2.34. The molecule has 3 nitrogen and oxygen atoms in total. The zero-order valence-electron chi connectivity index (χ0n) is 13.0. The molecule has 1 heterocycles. The van der Waals surface area contributed by atoms with Crippen LogP contribution in [0.4, 0.5) is 0 Å². The molecule has 0 spiro atoms. The predicted molar refractivity (Wildman–Crippen MR) is 84.8 cm³/mol. The van der Waals surface area contributed by atoms with E-state index in [-0.39, 0.29) is 0 Å². The third-order valence-corrected chi connectivity index (χ3v) is 3.57. The Balaban J connectivity index is 2.21. The van der Waals surface area contributed by atoms with Crippen molar-refractivity contribution < 1.29 is 5.11 Å². The lowest BCUT2D eigenvalue weighted by Crippen LogP contribution is -2.22. The van der Waals surface area contributed by atoms with Crippen molar-refractivity contribution in [1.82, 2.24) is 9.88 Å². The minimum atomic E-state index is -0.618. The highest BCUT2D eigenvalue weighted by molar-refractivity contribution is 5.83. The van der Waals surface area contributed by atoms with Gasteiger partial charge in [0.25, 0.3) is 0 Å². The fourth-order valence-electron chi connectivity index (χ4n) is 2.34. The Morgan fingerprint density at radius 1 is 1.25 bits per heavy atom. The van der Waals surface area contributed by atoms with Gasteiger partial charge in [-0.05, 0) is 38.0 Å². The summed E-state index contributed by atoms with van der Waals surface area (Å²) >= 11 is 0. The van der Waals surface area contributed by atoms with Crippen LogP contribution in [0.25, 0.3) is 10.9 Å². The van der Waals surface area contributed by atoms with Gasteiger partial charge in [-0.25, -0.2) is 0 Å². The third-order valence-electron chi connectivity index (χ3n) is 3.57. The number of aryl methyl sites for hydroxylation is 1. The van der Waals surface area contributed by atoms with Gasteiger partial charge in [-0.1, -0.05) is 26.0 Å². The van der Waals surface area contributed by atoms with Gasteiger partial charge in [0.15, 0.2) is 0 Å². The maximum absolute atomic E-state index is 9.87. The van der Waals surface area contributed by atoms with E-state index in [0.29, 0.717) is 6.04 Å². The van der Waals surface area contributed by atoms with Gasteiger partial charge in [-0.15, -0.1) is 0 Å². The highest BCUT2D eigenvalue weighted by Gasteiger charge is 2.13. The standard InChI is InChI=1S/C17H26N2O/c1-13(2)18-12-14-6-5-7-16-15(14)8-10-19(16)11-9-17(3,4)20/h5-8,10,13,18,20H,9,11-12H2,1-4H3. The van der Waals surface area contributed by atoms with Crippen LogP contribution in [0.1, 0.15) is 39.7 Å². The number of nitrogens with zero attached hydrogens (tertiary/aromatic N) is 1. The largest absolute Gasteiger partial charge is 0.390 e. The van der Waals surface area contributed by atoms with E-state index in [1.54, 1.807) is 0 Å². The zero-order valence-corrected chi connectivity index (χ0v) is 13.0. The van der Waals surface area contributed by atoms with Crippen molar-refractivity contribution in [1.29, 1.82) is 0 Å². The Bertz CT molecular complexity index is 564. The molecule has 0 fully saturated rings. The molecule has 0 radical (unpaired) electrons. The SMILES string of the molecule is CC(C)NCc1cccc2c1ccn2CCC(C)(C)O. The highest BCUT2D eigenvalue weighted by Crippen LogP contribution is 2.22. The summed E-state index contributed by atoms with van der Waals surface area (Å²) in [7, 11) is 0. The molecule has 2 aromatic rings. The van der Waals surface area contributed by atoms with E-state index in [0.717, 1.165) is 19.5 Å². The van der Waals surface area contributed by atoms with Crippen molar-refractivity contribution in [2.75, 3.05) is 0 Å². The summed E-state index contributed by atoms with van der Waals surface area (Å²) in [6.45, 7) is 9.77. The van der Waals surface area contributed by atoms with Crippen LogP contribution in [-0.4, -0.2) is 21.3 Å². The van der Waals surface area contributed by atoms with Crippen LogP contribution in [0, 0.1) is 0 Å². The van der Waals surface area contributed by atoms with Crippen molar-refractivity contribution in [3.05, 3.63) is 36.0 Å². The quantitative estimate of drug-likeness (QED) is 0.848. The second kappa shape index (κ2) is 5.98. The Labute approximate surface area is 121 Å². The molecule has 1 aromatic heterocycles. The van der Waals surface area contributed by atoms with Crippen molar-refractivity contribution in [3.63, 3.8) is 0 Å². The molecule has 0 unspecified atom stereocenters. The molecule has 0 aliphatic carbocycles. The number of aliphatic hydroxyl groups is 1. The fraction of sp³-hybridized carbons (Fsp3) is 0.529. The summed E-state index contributed by atoms with van der Waals surface area (Å²) < 4.78 is 2.23. The first-order valence-electron chi connectivity index (χ1n) is 7.39. The van der Waals surface area contributed by atoms with Crippen LogP contribution in [0.2, 0.25) is 0 Å². The van der Waals surface area contributed by atoms with E-state index in [1.165, 1.54) is 16.5 Å². The monoisotopic (exact) mass is 274 g/mol. The van der Waals surface area contributed by atoms with Crippen LogP contribution in [-0.2, 0) is 13.1 Å². The van der Waals surface area contributed by atoms with Crippen LogP contribution in [0.5, 0.6) is 0 Å². The summed E-state index contributed by atoms with van der Waals surface area (Å²) in [6.07, 6.45) is 2.88. The van der Waals surface area contributed by atoms with E-state index in [9.17, 15) is 5.11 Å². The molecular formula is C17H26N2O. The van der Waals surface area contributed by atoms with Gasteiger partial charge < -0.3 is 15.0 Å². The molecule has 0 aliphatic heterocycles. The lowest BCUT2D eigenvalue weighted by molar-refractivity contribution is 0.0666. The van der Waals surface area contributed by atoms with Gasteiger partial charge in [0.1, 0.15) is 0 Å². The van der Waals surface area contributed by atoms with Gasteiger partial charge in [0.2, 0.25) is 0 Å². The number of hydrogen-bond acceptors (Lipinski definition) is 2. The molecule has 0 saturated carbocycles. The molecule has 1 aromatic carbocycles. The van der Waals surface area contributed by atoms with Crippen LogP contribution < -0.4 is 5.32 Å².